The normalized spacial score (nSPS) is 22.8. The Morgan fingerprint density at radius 2 is 2.00 bits per heavy atom. The highest BCUT2D eigenvalue weighted by Crippen LogP contribution is 2.28. The van der Waals surface area contributed by atoms with E-state index in [0.717, 1.165) is 29.4 Å². The molecule has 0 amide bonds. The minimum absolute atomic E-state index is 0.0909. The predicted octanol–water partition coefficient (Wildman–Crippen LogP) is 3.82. The summed E-state index contributed by atoms with van der Waals surface area (Å²) in [6.07, 6.45) is 4.34. The first-order valence-electron chi connectivity index (χ1n) is 6.10. The van der Waals surface area contributed by atoms with E-state index in [-0.39, 0.29) is 12.0 Å². The maximum absolute atomic E-state index is 9.13. The van der Waals surface area contributed by atoms with Crippen LogP contribution in [0, 0.1) is 28.6 Å². The van der Waals surface area contributed by atoms with Gasteiger partial charge in [0.1, 0.15) is 6.07 Å². The lowest BCUT2D eigenvalue weighted by Crippen LogP contribution is -2.31. The van der Waals surface area contributed by atoms with E-state index in [1.54, 1.807) is 6.07 Å². The summed E-state index contributed by atoms with van der Waals surface area (Å²) >= 11 is 3.38. The van der Waals surface area contributed by atoms with E-state index in [4.69, 9.17) is 10.5 Å². The van der Waals surface area contributed by atoms with Crippen molar-refractivity contribution in [3.63, 3.8) is 0 Å². The van der Waals surface area contributed by atoms with Gasteiger partial charge in [0, 0.05) is 16.2 Å². The minimum Gasteiger partial charge on any atom is -0.381 e. The maximum Gasteiger partial charge on any atom is 0.100 e. The molecule has 4 heteroatoms. The summed E-state index contributed by atoms with van der Waals surface area (Å²) in [6, 6.07) is 10.3. The summed E-state index contributed by atoms with van der Waals surface area (Å²) in [7, 11) is 0. The fourth-order valence-corrected chi connectivity index (χ4v) is 2.84. The number of nitrogens with zero attached hydrogens (tertiary/aromatic N) is 2. The highest BCUT2D eigenvalue weighted by Gasteiger charge is 2.24. The summed E-state index contributed by atoms with van der Waals surface area (Å²) in [4.78, 5) is 0. The molecule has 1 saturated carbocycles. The van der Waals surface area contributed by atoms with Gasteiger partial charge in [0.05, 0.1) is 17.6 Å². The van der Waals surface area contributed by atoms with Gasteiger partial charge in [-0.25, -0.2) is 0 Å². The van der Waals surface area contributed by atoms with E-state index >= 15 is 0 Å². The summed E-state index contributed by atoms with van der Waals surface area (Å²) in [5, 5.41) is 21.4. The van der Waals surface area contributed by atoms with Crippen molar-refractivity contribution in [1.82, 2.24) is 0 Å². The Balaban J connectivity index is 2.11. The molecule has 1 aromatic carbocycles. The number of rotatable bonds is 2. The largest absolute Gasteiger partial charge is 0.381 e. The van der Waals surface area contributed by atoms with Crippen molar-refractivity contribution in [2.45, 2.75) is 31.7 Å². The van der Waals surface area contributed by atoms with Crippen LogP contribution < -0.4 is 5.32 Å². The van der Waals surface area contributed by atoms with Crippen LogP contribution in [0.2, 0.25) is 0 Å². The Kier molecular flexibility index (Phi) is 4.23. The number of halogens is 1. The summed E-state index contributed by atoms with van der Waals surface area (Å²) in [6.45, 7) is 0. The van der Waals surface area contributed by atoms with Crippen LogP contribution in [0.3, 0.4) is 0 Å². The molecular weight excluding hydrogens is 290 g/mol. The third kappa shape index (κ3) is 2.83. The Hall–Kier alpha value is -1.52. The Labute approximate surface area is 116 Å². The fraction of sp³-hybridized carbons (Fsp3) is 0.429. The molecular formula is C14H14BrN3. The van der Waals surface area contributed by atoms with Crippen molar-refractivity contribution >= 4 is 21.6 Å². The second-order valence-corrected chi connectivity index (χ2v) is 5.43. The van der Waals surface area contributed by atoms with Gasteiger partial charge in [-0.3, -0.25) is 0 Å². The zero-order valence-electron chi connectivity index (χ0n) is 9.99. The lowest BCUT2D eigenvalue weighted by molar-refractivity contribution is 0.389. The quantitative estimate of drug-likeness (QED) is 0.903. The monoisotopic (exact) mass is 303 g/mol. The molecule has 2 rings (SSSR count). The average Bonchev–Trinajstić information content (AvgIpc) is 2.39. The smallest absolute Gasteiger partial charge is 0.100 e. The molecule has 0 radical (unpaired) electrons. The molecule has 1 aliphatic carbocycles. The molecule has 1 aromatic rings. The van der Waals surface area contributed by atoms with Gasteiger partial charge in [-0.15, -0.1) is 0 Å². The molecule has 1 fully saturated rings. The molecule has 1 N–H and O–H groups in total. The topological polar surface area (TPSA) is 59.6 Å². The van der Waals surface area contributed by atoms with Crippen LogP contribution in [0.25, 0.3) is 0 Å². The second kappa shape index (κ2) is 5.89. The van der Waals surface area contributed by atoms with Crippen LogP contribution in [0.4, 0.5) is 5.69 Å². The van der Waals surface area contributed by atoms with Gasteiger partial charge in [-0.2, -0.15) is 10.5 Å². The molecule has 0 bridgehead atoms. The third-order valence-electron chi connectivity index (χ3n) is 3.37. The summed E-state index contributed by atoms with van der Waals surface area (Å²) in [5.41, 5.74) is 1.59. The first-order valence-corrected chi connectivity index (χ1v) is 6.89. The van der Waals surface area contributed by atoms with Crippen LogP contribution >= 0.6 is 15.9 Å². The molecule has 0 saturated heterocycles. The van der Waals surface area contributed by atoms with E-state index in [9.17, 15) is 0 Å². The van der Waals surface area contributed by atoms with E-state index in [2.05, 4.69) is 33.4 Å². The van der Waals surface area contributed by atoms with Crippen LogP contribution in [0.1, 0.15) is 31.2 Å². The molecule has 0 heterocycles. The number of hydrogen-bond acceptors (Lipinski definition) is 3. The van der Waals surface area contributed by atoms with Gasteiger partial charge < -0.3 is 5.32 Å². The number of nitrogens with one attached hydrogen (secondary N) is 1. The zero-order valence-corrected chi connectivity index (χ0v) is 11.6. The summed E-state index contributed by atoms with van der Waals surface area (Å²) in [5.74, 6) is 0.0909. The first kappa shape index (κ1) is 12.9. The average molecular weight is 304 g/mol. The fourth-order valence-electron chi connectivity index (χ4n) is 2.37. The molecule has 1 aliphatic rings. The Morgan fingerprint density at radius 1 is 1.22 bits per heavy atom. The van der Waals surface area contributed by atoms with Crippen molar-refractivity contribution in [1.29, 1.82) is 10.5 Å². The van der Waals surface area contributed by atoms with E-state index in [1.165, 1.54) is 6.42 Å². The van der Waals surface area contributed by atoms with Crippen LogP contribution in [-0.4, -0.2) is 6.04 Å². The number of hydrogen-bond donors (Lipinski definition) is 1. The van der Waals surface area contributed by atoms with Gasteiger partial charge in [0.25, 0.3) is 0 Å². The maximum atomic E-state index is 9.13. The molecule has 92 valence electrons. The molecule has 2 unspecified atom stereocenters. The standard InChI is InChI=1S/C14H14BrN3/c15-13-7-12(6-5-10(13)8-16)18-14-4-2-1-3-11(14)9-17/h5-7,11,14,18H,1-4H2. The molecule has 0 spiro atoms. The first-order chi connectivity index (χ1) is 8.74. The molecule has 0 aliphatic heterocycles. The minimum atomic E-state index is 0.0909. The number of nitriles is 2. The second-order valence-electron chi connectivity index (χ2n) is 4.58. The SMILES string of the molecule is N#Cc1ccc(NC2CCCCC2C#N)cc1Br. The highest BCUT2D eigenvalue weighted by atomic mass is 79.9. The molecule has 2 atom stereocenters. The van der Waals surface area contributed by atoms with Crippen molar-refractivity contribution < 1.29 is 0 Å². The van der Waals surface area contributed by atoms with Crippen molar-refractivity contribution in [2.24, 2.45) is 5.92 Å². The predicted molar refractivity (Wildman–Crippen MR) is 73.8 cm³/mol. The highest BCUT2D eigenvalue weighted by molar-refractivity contribution is 9.10. The van der Waals surface area contributed by atoms with E-state index < -0.39 is 0 Å². The van der Waals surface area contributed by atoms with Crippen LogP contribution in [0.15, 0.2) is 22.7 Å². The lowest BCUT2D eigenvalue weighted by Gasteiger charge is -2.28. The van der Waals surface area contributed by atoms with Gasteiger partial charge in [-0.05, 0) is 47.0 Å². The van der Waals surface area contributed by atoms with Crippen LogP contribution in [-0.2, 0) is 0 Å². The third-order valence-corrected chi connectivity index (χ3v) is 4.03. The number of benzene rings is 1. The van der Waals surface area contributed by atoms with Crippen molar-refractivity contribution in [3.05, 3.63) is 28.2 Å². The van der Waals surface area contributed by atoms with Gasteiger partial charge in [-0.1, -0.05) is 12.8 Å². The van der Waals surface area contributed by atoms with Gasteiger partial charge in [0.2, 0.25) is 0 Å². The van der Waals surface area contributed by atoms with Gasteiger partial charge in [0.15, 0.2) is 0 Å². The zero-order chi connectivity index (χ0) is 13.0. The summed E-state index contributed by atoms with van der Waals surface area (Å²) < 4.78 is 0.791. The Bertz CT molecular complexity index is 513. The van der Waals surface area contributed by atoms with E-state index in [1.807, 2.05) is 12.1 Å². The molecule has 0 aromatic heterocycles. The Morgan fingerprint density at radius 3 is 2.67 bits per heavy atom. The van der Waals surface area contributed by atoms with Gasteiger partial charge >= 0.3 is 0 Å². The molecule has 3 nitrogen and oxygen atoms in total. The lowest BCUT2D eigenvalue weighted by atomic mass is 9.85. The van der Waals surface area contributed by atoms with Crippen molar-refractivity contribution in [3.8, 4) is 12.1 Å². The molecule has 18 heavy (non-hydrogen) atoms. The van der Waals surface area contributed by atoms with Crippen molar-refractivity contribution in [2.75, 3.05) is 5.32 Å². The van der Waals surface area contributed by atoms with Crippen LogP contribution in [0.5, 0.6) is 0 Å². The number of anilines is 1. The van der Waals surface area contributed by atoms with E-state index in [0.29, 0.717) is 5.56 Å².